The molecule has 1 aromatic carbocycles. The lowest BCUT2D eigenvalue weighted by Gasteiger charge is -2.33. The third kappa shape index (κ3) is 3.85. The lowest BCUT2D eigenvalue weighted by atomic mass is 10.1. The maximum Gasteiger partial charge on any atom is 0.297 e. The predicted octanol–water partition coefficient (Wildman–Crippen LogP) is 1.77. The van der Waals surface area contributed by atoms with E-state index in [4.69, 9.17) is 10.5 Å². The van der Waals surface area contributed by atoms with Crippen LogP contribution < -0.4 is 20.9 Å². The second kappa shape index (κ2) is 7.60. The Balaban J connectivity index is 1.77. The van der Waals surface area contributed by atoms with Crippen LogP contribution in [0.15, 0.2) is 29.2 Å². The average Bonchev–Trinajstić information content (AvgIpc) is 3.49. The van der Waals surface area contributed by atoms with E-state index in [2.05, 4.69) is 11.1 Å². The molecule has 1 atom stereocenters. The standard InChI is InChI=1S/C20H22FN5O2/c21-15-4-3-13(9-22)14(8-15)11-26-19(27)18(28-17-5-6-17)10-24-20(26)25-7-1-2-16(23)12-25/h3-4,8,10,16-17H,1-2,5-7,11-12,23H2/t16-/m1/s1. The number of hydrogen-bond donors (Lipinski definition) is 1. The van der Waals surface area contributed by atoms with Gasteiger partial charge in [-0.05, 0) is 49.4 Å². The van der Waals surface area contributed by atoms with E-state index in [9.17, 15) is 14.4 Å². The number of rotatable bonds is 5. The van der Waals surface area contributed by atoms with Gasteiger partial charge >= 0.3 is 0 Å². The van der Waals surface area contributed by atoms with Crippen LogP contribution in [0.3, 0.4) is 0 Å². The topological polar surface area (TPSA) is 97.2 Å². The third-order valence-electron chi connectivity index (χ3n) is 5.07. The van der Waals surface area contributed by atoms with E-state index in [0.29, 0.717) is 23.6 Å². The molecule has 8 heteroatoms. The molecule has 1 saturated carbocycles. The Bertz CT molecular complexity index is 980. The van der Waals surface area contributed by atoms with Crippen molar-refractivity contribution in [3.63, 3.8) is 0 Å². The first kappa shape index (κ1) is 18.4. The SMILES string of the molecule is N#Cc1ccc(F)cc1Cn1c(N2CCC[C@@H](N)C2)ncc(OC2CC2)c1=O. The zero-order valence-corrected chi connectivity index (χ0v) is 15.5. The molecule has 2 aliphatic rings. The summed E-state index contributed by atoms with van der Waals surface area (Å²) in [4.78, 5) is 19.6. The smallest absolute Gasteiger partial charge is 0.297 e. The highest BCUT2D eigenvalue weighted by atomic mass is 19.1. The van der Waals surface area contributed by atoms with Gasteiger partial charge in [0.05, 0.1) is 30.5 Å². The van der Waals surface area contributed by atoms with Crippen molar-refractivity contribution in [3.8, 4) is 11.8 Å². The van der Waals surface area contributed by atoms with Gasteiger partial charge in [-0.15, -0.1) is 0 Å². The highest BCUT2D eigenvalue weighted by molar-refractivity contribution is 5.41. The zero-order valence-electron chi connectivity index (χ0n) is 15.5. The van der Waals surface area contributed by atoms with Crippen molar-refractivity contribution in [2.45, 2.75) is 44.4 Å². The van der Waals surface area contributed by atoms with Crippen LogP contribution in [-0.2, 0) is 6.54 Å². The molecule has 1 aliphatic heterocycles. The Morgan fingerprint density at radius 2 is 2.18 bits per heavy atom. The summed E-state index contributed by atoms with van der Waals surface area (Å²) < 4.78 is 21.0. The largest absolute Gasteiger partial charge is 0.483 e. The zero-order chi connectivity index (χ0) is 19.7. The summed E-state index contributed by atoms with van der Waals surface area (Å²) in [6.45, 7) is 1.36. The summed E-state index contributed by atoms with van der Waals surface area (Å²) in [5.74, 6) is 0.195. The van der Waals surface area contributed by atoms with E-state index in [1.165, 1.54) is 29.0 Å². The number of ether oxygens (including phenoxy) is 1. The average molecular weight is 383 g/mol. The van der Waals surface area contributed by atoms with Crippen molar-refractivity contribution in [1.29, 1.82) is 5.26 Å². The number of hydrogen-bond acceptors (Lipinski definition) is 6. The van der Waals surface area contributed by atoms with E-state index in [1.807, 2.05) is 4.90 Å². The molecule has 7 nitrogen and oxygen atoms in total. The molecular weight excluding hydrogens is 361 g/mol. The minimum absolute atomic E-state index is 0.00494. The van der Waals surface area contributed by atoms with Crippen LogP contribution in [0.5, 0.6) is 5.75 Å². The Labute approximate surface area is 162 Å². The summed E-state index contributed by atoms with van der Waals surface area (Å²) >= 11 is 0. The van der Waals surface area contributed by atoms with Crippen molar-refractivity contribution in [1.82, 2.24) is 9.55 Å². The normalized spacial score (nSPS) is 19.3. The van der Waals surface area contributed by atoms with E-state index in [0.717, 1.165) is 32.2 Å². The summed E-state index contributed by atoms with van der Waals surface area (Å²) in [6, 6.07) is 6.00. The molecular formula is C20H22FN5O2. The van der Waals surface area contributed by atoms with Gasteiger partial charge < -0.3 is 15.4 Å². The number of nitrogens with two attached hydrogens (primary N) is 1. The lowest BCUT2D eigenvalue weighted by Crippen LogP contribution is -2.45. The maximum atomic E-state index is 13.8. The van der Waals surface area contributed by atoms with Gasteiger partial charge in [-0.2, -0.15) is 5.26 Å². The minimum atomic E-state index is -0.457. The number of aromatic nitrogens is 2. The van der Waals surface area contributed by atoms with Crippen molar-refractivity contribution in [3.05, 3.63) is 51.7 Å². The molecule has 1 aliphatic carbocycles. The fraction of sp³-hybridized carbons (Fsp3) is 0.450. The third-order valence-corrected chi connectivity index (χ3v) is 5.07. The number of piperidine rings is 1. The molecule has 1 saturated heterocycles. The molecule has 146 valence electrons. The van der Waals surface area contributed by atoms with Crippen molar-refractivity contribution < 1.29 is 9.13 Å². The van der Waals surface area contributed by atoms with Gasteiger partial charge in [0.1, 0.15) is 5.82 Å². The van der Waals surface area contributed by atoms with Crippen molar-refractivity contribution >= 4 is 5.95 Å². The molecule has 2 heterocycles. The van der Waals surface area contributed by atoms with E-state index >= 15 is 0 Å². The Morgan fingerprint density at radius 1 is 1.36 bits per heavy atom. The molecule has 4 rings (SSSR count). The first-order chi connectivity index (χ1) is 13.5. The summed E-state index contributed by atoms with van der Waals surface area (Å²) in [5, 5.41) is 9.36. The first-order valence-corrected chi connectivity index (χ1v) is 9.50. The number of anilines is 1. The van der Waals surface area contributed by atoms with Crippen LogP contribution in [0.4, 0.5) is 10.3 Å². The highest BCUT2D eigenvalue weighted by Crippen LogP contribution is 2.26. The number of halogens is 1. The molecule has 1 aromatic heterocycles. The molecule has 0 bridgehead atoms. The van der Waals surface area contributed by atoms with Crippen LogP contribution in [0.1, 0.15) is 36.8 Å². The molecule has 2 N–H and O–H groups in total. The predicted molar refractivity (Wildman–Crippen MR) is 102 cm³/mol. The summed E-state index contributed by atoms with van der Waals surface area (Å²) in [7, 11) is 0. The summed E-state index contributed by atoms with van der Waals surface area (Å²) in [5.41, 5.74) is 6.52. The van der Waals surface area contributed by atoms with Crippen LogP contribution in [0.25, 0.3) is 0 Å². The summed E-state index contributed by atoms with van der Waals surface area (Å²) in [6.07, 6.45) is 5.19. The molecule has 0 radical (unpaired) electrons. The van der Waals surface area contributed by atoms with Gasteiger partial charge in [-0.3, -0.25) is 9.36 Å². The lowest BCUT2D eigenvalue weighted by molar-refractivity contribution is 0.294. The Hall–Kier alpha value is -2.92. The maximum absolute atomic E-state index is 13.8. The number of benzene rings is 1. The van der Waals surface area contributed by atoms with E-state index in [-0.39, 0.29) is 30.0 Å². The van der Waals surface area contributed by atoms with Crippen molar-refractivity contribution in [2.75, 3.05) is 18.0 Å². The van der Waals surface area contributed by atoms with Gasteiger partial charge in [0, 0.05) is 19.1 Å². The van der Waals surface area contributed by atoms with Crippen LogP contribution in [0, 0.1) is 17.1 Å². The first-order valence-electron chi connectivity index (χ1n) is 9.50. The molecule has 0 spiro atoms. The van der Waals surface area contributed by atoms with Gasteiger partial charge in [0.2, 0.25) is 11.7 Å². The van der Waals surface area contributed by atoms with Gasteiger partial charge in [0.25, 0.3) is 5.56 Å². The monoisotopic (exact) mass is 383 g/mol. The van der Waals surface area contributed by atoms with Crippen LogP contribution in [0.2, 0.25) is 0 Å². The Morgan fingerprint density at radius 3 is 2.89 bits per heavy atom. The highest BCUT2D eigenvalue weighted by Gasteiger charge is 2.27. The minimum Gasteiger partial charge on any atom is -0.483 e. The van der Waals surface area contributed by atoms with Gasteiger partial charge in [-0.1, -0.05) is 0 Å². The molecule has 2 aromatic rings. The molecule has 28 heavy (non-hydrogen) atoms. The second-order valence-electron chi connectivity index (χ2n) is 7.39. The second-order valence-corrected chi connectivity index (χ2v) is 7.39. The quantitative estimate of drug-likeness (QED) is 0.845. The molecule has 0 unspecified atom stereocenters. The van der Waals surface area contributed by atoms with Crippen LogP contribution >= 0.6 is 0 Å². The number of nitrogens with zero attached hydrogens (tertiary/aromatic N) is 4. The van der Waals surface area contributed by atoms with Gasteiger partial charge in [0.15, 0.2) is 0 Å². The molecule has 0 amide bonds. The van der Waals surface area contributed by atoms with Crippen molar-refractivity contribution in [2.24, 2.45) is 5.73 Å². The number of nitriles is 1. The van der Waals surface area contributed by atoms with Crippen LogP contribution in [-0.4, -0.2) is 34.8 Å². The fourth-order valence-electron chi connectivity index (χ4n) is 3.47. The Kier molecular flexibility index (Phi) is 5.01. The van der Waals surface area contributed by atoms with Gasteiger partial charge in [-0.25, -0.2) is 9.37 Å². The fourth-order valence-corrected chi connectivity index (χ4v) is 3.47. The van der Waals surface area contributed by atoms with E-state index in [1.54, 1.807) is 0 Å². The van der Waals surface area contributed by atoms with E-state index < -0.39 is 5.82 Å². The molecule has 2 fully saturated rings.